The van der Waals surface area contributed by atoms with Gasteiger partial charge in [0.1, 0.15) is 11.9 Å². The fraction of sp³-hybridized carbons (Fsp3) is 0.390. The van der Waals surface area contributed by atoms with Gasteiger partial charge in [-0.3, -0.25) is 9.59 Å². The molecule has 0 aliphatic carbocycles. The number of aliphatic carboxylic acids is 1. The highest BCUT2D eigenvalue weighted by molar-refractivity contribution is 7.92. The lowest BCUT2D eigenvalue weighted by atomic mass is 9.92. The Hall–Kier alpha value is -6.11. The molecule has 19 heteroatoms. The molecule has 1 unspecified atom stereocenters. The van der Waals surface area contributed by atoms with Gasteiger partial charge in [-0.05, 0) is 112 Å². The molecule has 1 saturated heterocycles. The van der Waals surface area contributed by atoms with Crippen molar-refractivity contribution in [3.8, 4) is 11.5 Å². The number of aromatic nitrogens is 1. The largest absolute Gasteiger partial charge is 0.490 e. The first kappa shape index (κ1) is 46.6. The number of methoxy groups -OCH3 is 2. The quantitative estimate of drug-likeness (QED) is 0.122. The van der Waals surface area contributed by atoms with Gasteiger partial charge in [0, 0.05) is 23.8 Å². The normalized spacial score (nSPS) is 15.8. The number of nitrogen functional groups attached to an aromatic ring is 1. The minimum absolute atomic E-state index is 0.0646. The fourth-order valence-corrected chi connectivity index (χ4v) is 7.87. The van der Waals surface area contributed by atoms with Gasteiger partial charge in [0.05, 0.1) is 54.6 Å². The molecule has 0 bridgehead atoms. The summed E-state index contributed by atoms with van der Waals surface area (Å²) in [6.07, 6.45) is -3.46. The van der Waals surface area contributed by atoms with Gasteiger partial charge >= 0.3 is 24.1 Å². The van der Waals surface area contributed by atoms with Crippen LogP contribution in [0.2, 0.25) is 0 Å². The van der Waals surface area contributed by atoms with Crippen molar-refractivity contribution in [1.82, 2.24) is 9.88 Å². The van der Waals surface area contributed by atoms with Gasteiger partial charge < -0.3 is 40.0 Å². The molecule has 3 atom stereocenters. The van der Waals surface area contributed by atoms with Crippen LogP contribution in [-0.2, 0) is 33.7 Å². The summed E-state index contributed by atoms with van der Waals surface area (Å²) in [6, 6.07) is 14.4. The number of pyridine rings is 1. The van der Waals surface area contributed by atoms with Crippen molar-refractivity contribution in [1.29, 1.82) is 0 Å². The van der Waals surface area contributed by atoms with Crippen LogP contribution >= 0.6 is 0 Å². The second-order valence-electron chi connectivity index (χ2n) is 14.1. The predicted octanol–water partition coefficient (Wildman–Crippen LogP) is 6.52. The number of rotatable bonds is 13. The third kappa shape index (κ3) is 10.5. The van der Waals surface area contributed by atoms with Crippen molar-refractivity contribution in [3.63, 3.8) is 0 Å². The number of ether oxygens (including phenoxy) is 4. The molecule has 1 aromatic heterocycles. The predicted molar refractivity (Wildman–Crippen MR) is 214 cm³/mol. The van der Waals surface area contributed by atoms with Gasteiger partial charge in [0.15, 0.2) is 21.3 Å². The molecule has 60 heavy (non-hydrogen) atoms. The van der Waals surface area contributed by atoms with Gasteiger partial charge in [-0.25, -0.2) is 23.0 Å². The first-order valence-corrected chi connectivity index (χ1v) is 20.2. The summed E-state index contributed by atoms with van der Waals surface area (Å²) in [5.74, 6) is -4.21. The van der Waals surface area contributed by atoms with Crippen LogP contribution in [0.3, 0.4) is 0 Å². The molecule has 0 spiro atoms. The highest BCUT2D eigenvalue weighted by Crippen LogP contribution is 2.44. The molecular formula is C41H47F3N4O11S. The maximum Gasteiger partial charge on any atom is 0.490 e. The second kappa shape index (κ2) is 19.3. The Morgan fingerprint density at radius 2 is 1.65 bits per heavy atom. The SMILES string of the molecule is CCOc1cc(C(Nc2ccc3c(N)nccc3c2)C(=O)N2CC[C@H](C(=O)OC)[C@H]2c2cc(C(=O)OC)ccc2S(=O)(=O)C(C)C)ccc1OC(C)C.O=C(O)C(F)(F)F. The second-order valence-corrected chi connectivity index (χ2v) is 16.5. The van der Waals surface area contributed by atoms with Crippen LogP contribution in [0.25, 0.3) is 10.8 Å². The van der Waals surface area contributed by atoms with Crippen molar-refractivity contribution in [2.24, 2.45) is 5.92 Å². The number of carbonyl (C=O) groups is 4. The first-order valence-electron chi connectivity index (χ1n) is 18.6. The van der Waals surface area contributed by atoms with Crippen LogP contribution in [0.5, 0.6) is 11.5 Å². The molecule has 5 rings (SSSR count). The Balaban J connectivity index is 0.00000104. The van der Waals surface area contributed by atoms with Gasteiger partial charge in [-0.15, -0.1) is 0 Å². The Morgan fingerprint density at radius 3 is 2.23 bits per heavy atom. The van der Waals surface area contributed by atoms with Crippen molar-refractivity contribution in [3.05, 3.63) is 83.6 Å². The number of nitrogens with one attached hydrogen (secondary N) is 1. The third-order valence-electron chi connectivity index (χ3n) is 9.42. The number of hydrogen-bond acceptors (Lipinski definition) is 13. The zero-order chi connectivity index (χ0) is 44.7. The number of amides is 1. The lowest BCUT2D eigenvalue weighted by Crippen LogP contribution is -2.40. The fourth-order valence-electron chi connectivity index (χ4n) is 6.59. The Bertz CT molecular complexity index is 2340. The maximum absolute atomic E-state index is 15.2. The van der Waals surface area contributed by atoms with Crippen LogP contribution in [0.1, 0.15) is 74.6 Å². The van der Waals surface area contributed by atoms with Crippen LogP contribution in [0.4, 0.5) is 24.7 Å². The molecule has 15 nitrogen and oxygen atoms in total. The lowest BCUT2D eigenvalue weighted by Gasteiger charge is -2.33. The van der Waals surface area contributed by atoms with Gasteiger partial charge in [-0.1, -0.05) is 6.07 Å². The number of likely N-dealkylation sites (tertiary alicyclic amines) is 1. The minimum Gasteiger partial charge on any atom is -0.490 e. The average Bonchev–Trinajstić information content (AvgIpc) is 3.64. The number of hydrogen-bond donors (Lipinski definition) is 3. The maximum atomic E-state index is 15.2. The zero-order valence-electron chi connectivity index (χ0n) is 33.9. The van der Waals surface area contributed by atoms with Crippen molar-refractivity contribution in [2.75, 3.05) is 38.4 Å². The van der Waals surface area contributed by atoms with E-state index in [1.165, 1.54) is 37.3 Å². The van der Waals surface area contributed by atoms with Crippen molar-refractivity contribution < 1.29 is 64.8 Å². The molecule has 1 aliphatic rings. The summed E-state index contributed by atoms with van der Waals surface area (Å²) in [4.78, 5) is 55.8. The highest BCUT2D eigenvalue weighted by atomic mass is 32.2. The minimum atomic E-state index is -5.08. The summed E-state index contributed by atoms with van der Waals surface area (Å²) in [5.41, 5.74) is 7.39. The van der Waals surface area contributed by atoms with E-state index in [9.17, 15) is 31.2 Å². The van der Waals surface area contributed by atoms with E-state index in [-0.39, 0.29) is 35.1 Å². The van der Waals surface area contributed by atoms with Crippen LogP contribution in [0.15, 0.2) is 71.8 Å². The number of sulfone groups is 1. The molecule has 1 fully saturated rings. The number of halogens is 3. The number of fused-ring (bicyclic) bond motifs is 1. The molecule has 4 N–H and O–H groups in total. The summed E-state index contributed by atoms with van der Waals surface area (Å²) in [5, 5.41) is 11.2. The van der Waals surface area contributed by atoms with Crippen LogP contribution in [0, 0.1) is 5.92 Å². The highest BCUT2D eigenvalue weighted by Gasteiger charge is 2.47. The number of alkyl halides is 3. The number of esters is 2. The van der Waals surface area contributed by atoms with Gasteiger partial charge in [-0.2, -0.15) is 13.2 Å². The lowest BCUT2D eigenvalue weighted by molar-refractivity contribution is -0.192. The van der Waals surface area contributed by atoms with E-state index >= 15 is 4.79 Å². The van der Waals surface area contributed by atoms with E-state index in [1.54, 1.807) is 56.4 Å². The number of nitrogens with zero attached hydrogens (tertiary/aromatic N) is 2. The van der Waals surface area contributed by atoms with Gasteiger partial charge in [0.2, 0.25) is 5.91 Å². The van der Waals surface area contributed by atoms with Crippen molar-refractivity contribution >= 4 is 55.9 Å². The molecule has 324 valence electrons. The third-order valence-corrected chi connectivity index (χ3v) is 11.6. The van der Waals surface area contributed by atoms with E-state index in [2.05, 4.69) is 10.3 Å². The Labute approximate surface area is 344 Å². The zero-order valence-corrected chi connectivity index (χ0v) is 34.7. The molecular weight excluding hydrogens is 814 g/mol. The summed E-state index contributed by atoms with van der Waals surface area (Å²) < 4.78 is 81.5. The van der Waals surface area contributed by atoms with Gasteiger partial charge in [0.25, 0.3) is 0 Å². The van der Waals surface area contributed by atoms with Crippen LogP contribution < -0.4 is 20.5 Å². The topological polar surface area (TPSA) is 214 Å². The molecule has 0 saturated carbocycles. The first-order chi connectivity index (χ1) is 28.2. The summed E-state index contributed by atoms with van der Waals surface area (Å²) >= 11 is 0. The van der Waals surface area contributed by atoms with E-state index in [4.69, 9.17) is 34.6 Å². The number of benzene rings is 3. The molecule has 3 aromatic carbocycles. The number of carbonyl (C=O) groups excluding carboxylic acids is 3. The van der Waals surface area contributed by atoms with Crippen molar-refractivity contribution in [2.45, 2.75) is 75.5 Å². The summed E-state index contributed by atoms with van der Waals surface area (Å²) in [6.45, 7) is 9.13. The number of nitrogens with two attached hydrogens (primary N) is 1. The monoisotopic (exact) mass is 860 g/mol. The molecule has 2 heterocycles. The Kier molecular flexibility index (Phi) is 15.0. The molecule has 4 aromatic rings. The van der Waals surface area contributed by atoms with E-state index in [0.717, 1.165) is 10.8 Å². The van der Waals surface area contributed by atoms with E-state index in [0.29, 0.717) is 35.2 Å². The van der Waals surface area contributed by atoms with Crippen LogP contribution in [-0.4, -0.2) is 92.1 Å². The van der Waals surface area contributed by atoms with E-state index in [1.807, 2.05) is 26.8 Å². The summed E-state index contributed by atoms with van der Waals surface area (Å²) in [7, 11) is -1.52. The molecule has 1 aliphatic heterocycles. The van der Waals surface area contributed by atoms with E-state index < -0.39 is 63.1 Å². The standard InChI is InChI=1S/C39H46N4O9S.C2HF3O2/c1-8-51-32-21-25(9-13-31(32)52-22(2)3)34(42-27-11-12-28-24(19-27)15-17-41-36(28)40)37(44)43-18-16-29(39(46)50-7)35(43)30-20-26(38(45)49-6)10-14-33(30)53(47,48)23(4)5;3-2(4,5)1(6)7/h9-15,17,19-23,29,34-35,42H,8,16,18H2,1-7H3,(H2,40,41);(H,6,7)/t29-,34?,35-;/m0./s1. The number of anilines is 2. The molecule has 1 amide bonds. The number of carboxylic acid groups (broad SMARTS) is 1. The Morgan fingerprint density at radius 1 is 0.967 bits per heavy atom. The molecule has 0 radical (unpaired) electrons. The number of carboxylic acids is 1. The average molecular weight is 861 g/mol. The smallest absolute Gasteiger partial charge is 0.490 e.